The molecule has 1 aromatic rings. The highest BCUT2D eigenvalue weighted by atomic mass is 32.1. The van der Waals surface area contributed by atoms with E-state index in [0.29, 0.717) is 23.9 Å². The Labute approximate surface area is 200 Å². The highest BCUT2D eigenvalue weighted by Crippen LogP contribution is 2.62. The van der Waals surface area contributed by atoms with Gasteiger partial charge in [0.2, 0.25) is 0 Å². The monoisotopic (exact) mass is 469 g/mol. The second kappa shape index (κ2) is 7.74. The Hall–Kier alpha value is -2.05. The standard InChI is InChI=1S/C25H31N3O4S/c1-15-10-24(11-16(2)20(15)30-4)12-18-6-5-17(13-26)9-19(18)25(24)21(29)28(22(33)27-25)14-23(3)31-7-8-32-23/h5-6,9,15-16,20H,7-8,10-12,14H2,1-4H3,(H,27,33)/t15-,16+,20+,24+,25-/m1/s1. The maximum Gasteiger partial charge on any atom is 0.259 e. The van der Waals surface area contributed by atoms with Crippen molar-refractivity contribution in [3.63, 3.8) is 0 Å². The van der Waals surface area contributed by atoms with Crippen molar-refractivity contribution in [1.82, 2.24) is 10.2 Å². The van der Waals surface area contributed by atoms with Crippen molar-refractivity contribution in [1.29, 1.82) is 5.26 Å². The summed E-state index contributed by atoms with van der Waals surface area (Å²) in [5.41, 5.74) is 1.15. The van der Waals surface area contributed by atoms with Crippen LogP contribution in [0.5, 0.6) is 0 Å². The smallest absolute Gasteiger partial charge is 0.259 e. The van der Waals surface area contributed by atoms with Crippen LogP contribution in [0.4, 0.5) is 0 Å². The number of nitrogens with zero attached hydrogens (tertiary/aromatic N) is 2. The SMILES string of the molecule is CO[C@H]1[C@H](C)C[C@@]2(Cc3ccc(C#N)cc3[C@]23NC(=S)N(CC2(C)OCCO2)C3=O)C[C@@H]1C. The molecular weight excluding hydrogens is 438 g/mol. The average Bonchev–Trinajstić information content (AvgIpc) is 3.38. The molecule has 2 spiro atoms. The molecule has 2 heterocycles. The second-order valence-electron chi connectivity index (χ2n) is 10.4. The Bertz CT molecular complexity index is 1030. The van der Waals surface area contributed by atoms with Gasteiger partial charge in [0.25, 0.3) is 5.91 Å². The Morgan fingerprint density at radius 1 is 1.27 bits per heavy atom. The minimum absolute atomic E-state index is 0.0723. The topological polar surface area (TPSA) is 83.8 Å². The van der Waals surface area contributed by atoms with Gasteiger partial charge in [-0.25, -0.2) is 0 Å². The summed E-state index contributed by atoms with van der Waals surface area (Å²) in [4.78, 5) is 16.0. The molecule has 0 radical (unpaired) electrons. The summed E-state index contributed by atoms with van der Waals surface area (Å²) in [6.07, 6.45) is 2.56. The van der Waals surface area contributed by atoms with Crippen molar-refractivity contribution in [2.45, 2.75) is 57.5 Å². The zero-order valence-electron chi connectivity index (χ0n) is 19.6. The molecule has 8 heteroatoms. The fourth-order valence-electron chi connectivity index (χ4n) is 7.15. The maximum absolute atomic E-state index is 14.4. The van der Waals surface area contributed by atoms with Crippen molar-refractivity contribution in [2.75, 3.05) is 26.9 Å². The van der Waals surface area contributed by atoms with E-state index < -0.39 is 11.3 Å². The van der Waals surface area contributed by atoms with E-state index >= 15 is 0 Å². The number of methoxy groups -OCH3 is 1. The number of nitrogens with one attached hydrogen (secondary N) is 1. The summed E-state index contributed by atoms with van der Waals surface area (Å²) in [5, 5.41) is 13.5. The quantitative estimate of drug-likeness (QED) is 0.682. The molecule has 2 saturated heterocycles. The van der Waals surface area contributed by atoms with E-state index in [1.165, 1.54) is 0 Å². The highest BCUT2D eigenvalue weighted by Gasteiger charge is 2.69. The molecule has 0 unspecified atom stereocenters. The number of ether oxygens (including phenoxy) is 3. The van der Waals surface area contributed by atoms with Crippen molar-refractivity contribution >= 4 is 23.2 Å². The lowest BCUT2D eigenvalue weighted by Gasteiger charge is -2.51. The number of hydrogen-bond acceptors (Lipinski definition) is 6. The summed E-state index contributed by atoms with van der Waals surface area (Å²) in [6, 6.07) is 7.97. The van der Waals surface area contributed by atoms with Gasteiger partial charge in [0.05, 0.1) is 37.5 Å². The van der Waals surface area contributed by atoms with Crippen molar-refractivity contribution in [3.05, 3.63) is 34.9 Å². The van der Waals surface area contributed by atoms with E-state index in [9.17, 15) is 10.1 Å². The van der Waals surface area contributed by atoms with Gasteiger partial charge in [-0.3, -0.25) is 9.69 Å². The molecule has 33 heavy (non-hydrogen) atoms. The Balaban J connectivity index is 1.63. The first-order valence-electron chi connectivity index (χ1n) is 11.7. The normalized spacial score (nSPS) is 36.9. The maximum atomic E-state index is 14.4. The third kappa shape index (κ3) is 3.17. The van der Waals surface area contributed by atoms with Crippen LogP contribution in [-0.4, -0.2) is 54.7 Å². The molecule has 5 rings (SSSR count). The van der Waals surface area contributed by atoms with Gasteiger partial charge in [-0.05, 0) is 73.5 Å². The Morgan fingerprint density at radius 3 is 2.55 bits per heavy atom. The molecule has 1 N–H and O–H groups in total. The third-order valence-corrected chi connectivity index (χ3v) is 8.56. The molecule has 1 aromatic carbocycles. The first-order valence-corrected chi connectivity index (χ1v) is 12.1. The lowest BCUT2D eigenvalue weighted by atomic mass is 9.56. The van der Waals surface area contributed by atoms with E-state index in [1.807, 2.05) is 25.1 Å². The van der Waals surface area contributed by atoms with E-state index in [1.54, 1.807) is 12.0 Å². The van der Waals surface area contributed by atoms with Crippen LogP contribution in [0.1, 0.15) is 50.3 Å². The van der Waals surface area contributed by atoms with Crippen molar-refractivity contribution in [3.8, 4) is 6.07 Å². The number of carbonyl (C=O) groups is 1. The summed E-state index contributed by atoms with van der Waals surface area (Å²) in [7, 11) is 1.77. The minimum atomic E-state index is -1.01. The van der Waals surface area contributed by atoms with E-state index in [2.05, 4.69) is 25.2 Å². The minimum Gasteiger partial charge on any atom is -0.381 e. The molecule has 2 aliphatic carbocycles. The zero-order chi connectivity index (χ0) is 23.6. The molecule has 0 bridgehead atoms. The largest absolute Gasteiger partial charge is 0.381 e. The molecule has 7 nitrogen and oxygen atoms in total. The van der Waals surface area contributed by atoms with Crippen LogP contribution in [0.15, 0.2) is 18.2 Å². The number of nitriles is 1. The molecule has 4 aliphatic rings. The number of benzene rings is 1. The first-order chi connectivity index (χ1) is 15.7. The van der Waals surface area contributed by atoms with Crippen LogP contribution >= 0.6 is 12.2 Å². The number of rotatable bonds is 3. The lowest BCUT2D eigenvalue weighted by Crippen LogP contribution is -2.59. The fourth-order valence-corrected chi connectivity index (χ4v) is 7.45. The Morgan fingerprint density at radius 2 is 1.94 bits per heavy atom. The van der Waals surface area contributed by atoms with Gasteiger partial charge in [0.15, 0.2) is 16.4 Å². The number of carbonyl (C=O) groups excluding carboxylic acids is 1. The van der Waals surface area contributed by atoms with E-state index in [-0.39, 0.29) is 35.8 Å². The van der Waals surface area contributed by atoms with Crippen molar-refractivity contribution in [2.24, 2.45) is 17.3 Å². The number of thiocarbonyl (C=S) groups is 1. The zero-order valence-corrected chi connectivity index (χ0v) is 20.5. The summed E-state index contributed by atoms with van der Waals surface area (Å²) in [5.74, 6) is -0.408. The van der Waals surface area contributed by atoms with Gasteiger partial charge >= 0.3 is 0 Å². The highest BCUT2D eigenvalue weighted by molar-refractivity contribution is 7.80. The van der Waals surface area contributed by atoms with Gasteiger partial charge in [0, 0.05) is 12.5 Å². The van der Waals surface area contributed by atoms with E-state index in [4.69, 9.17) is 26.4 Å². The molecule has 2 aliphatic heterocycles. The molecular formula is C25H31N3O4S. The molecule has 3 fully saturated rings. The van der Waals surface area contributed by atoms with Crippen LogP contribution < -0.4 is 5.32 Å². The molecule has 1 saturated carbocycles. The average molecular weight is 470 g/mol. The fraction of sp³-hybridized carbons (Fsp3) is 0.640. The summed E-state index contributed by atoms with van der Waals surface area (Å²) >= 11 is 5.75. The van der Waals surface area contributed by atoms with Crippen LogP contribution in [-0.2, 0) is 31.0 Å². The van der Waals surface area contributed by atoms with Gasteiger partial charge in [-0.1, -0.05) is 19.9 Å². The van der Waals surface area contributed by atoms with Gasteiger partial charge in [0.1, 0.15) is 0 Å². The van der Waals surface area contributed by atoms with Crippen LogP contribution in [0.3, 0.4) is 0 Å². The number of fused-ring (bicyclic) bond motifs is 3. The van der Waals surface area contributed by atoms with Gasteiger partial charge in [-0.15, -0.1) is 0 Å². The first kappa shape index (κ1) is 22.7. The lowest BCUT2D eigenvalue weighted by molar-refractivity contribution is -0.163. The van der Waals surface area contributed by atoms with Crippen LogP contribution in [0.2, 0.25) is 0 Å². The molecule has 5 atom stereocenters. The second-order valence-corrected chi connectivity index (χ2v) is 10.8. The predicted octanol–water partition coefficient (Wildman–Crippen LogP) is 2.86. The van der Waals surface area contributed by atoms with Crippen LogP contribution in [0.25, 0.3) is 0 Å². The van der Waals surface area contributed by atoms with Crippen molar-refractivity contribution < 1.29 is 19.0 Å². The summed E-state index contributed by atoms with van der Waals surface area (Å²) < 4.78 is 17.4. The predicted molar refractivity (Wildman–Crippen MR) is 125 cm³/mol. The Kier molecular flexibility index (Phi) is 5.33. The number of hydrogen-bond donors (Lipinski definition) is 1. The molecule has 1 amide bonds. The van der Waals surface area contributed by atoms with Gasteiger partial charge in [-0.2, -0.15) is 5.26 Å². The summed E-state index contributed by atoms with van der Waals surface area (Å²) in [6.45, 7) is 7.49. The van der Waals surface area contributed by atoms with Gasteiger partial charge < -0.3 is 19.5 Å². The molecule has 0 aromatic heterocycles. The van der Waals surface area contributed by atoms with Crippen LogP contribution in [0, 0.1) is 28.6 Å². The molecule has 176 valence electrons. The number of amides is 1. The third-order valence-electron chi connectivity index (χ3n) is 8.24. The van der Waals surface area contributed by atoms with E-state index in [0.717, 1.165) is 30.4 Å².